The normalized spacial score (nSPS) is 17.1. The van der Waals surface area contributed by atoms with E-state index in [1.54, 1.807) is 17.2 Å². The molecule has 2 aromatic rings. The Morgan fingerprint density at radius 3 is 2.68 bits per heavy atom. The van der Waals surface area contributed by atoms with Crippen molar-refractivity contribution < 1.29 is 0 Å². The molecule has 0 atom stereocenters. The molecular weight excluding hydrogens is 238 g/mol. The molecule has 3 rings (SSSR count). The van der Waals surface area contributed by atoms with Crippen molar-refractivity contribution in [1.29, 1.82) is 0 Å². The Bertz CT molecular complexity index is 500. The highest BCUT2D eigenvalue weighted by Gasteiger charge is 2.12. The molecule has 0 unspecified atom stereocenters. The third-order valence-corrected chi connectivity index (χ3v) is 3.60. The molecule has 0 aliphatic heterocycles. The third-order valence-electron chi connectivity index (χ3n) is 3.60. The van der Waals surface area contributed by atoms with E-state index >= 15 is 0 Å². The summed E-state index contributed by atoms with van der Waals surface area (Å²) in [5.74, 6) is 1.70. The van der Waals surface area contributed by atoms with E-state index in [4.69, 9.17) is 0 Å². The maximum atomic E-state index is 4.31. The van der Waals surface area contributed by atoms with E-state index in [1.807, 2.05) is 18.3 Å². The highest BCUT2D eigenvalue weighted by atomic mass is 15.3. The van der Waals surface area contributed by atoms with Gasteiger partial charge in [0.1, 0.15) is 12.1 Å². The first-order valence-electron chi connectivity index (χ1n) is 7.00. The average molecular weight is 257 g/mol. The predicted molar refractivity (Wildman–Crippen MR) is 74.3 cm³/mol. The first-order valence-corrected chi connectivity index (χ1v) is 7.00. The van der Waals surface area contributed by atoms with Crippen LogP contribution in [0.5, 0.6) is 0 Å². The molecule has 1 fully saturated rings. The van der Waals surface area contributed by atoms with Crippen molar-refractivity contribution in [1.82, 2.24) is 19.7 Å². The summed E-state index contributed by atoms with van der Waals surface area (Å²) < 4.78 is 1.75. The second-order valence-electron chi connectivity index (χ2n) is 5.04. The standard InChI is InChI=1S/C14H19N5/c1-2-4-7-12(6-3-1)18-13-10-14(16-11-15-13)19-9-5-8-17-19/h5,8-12H,1-4,6-7H2,(H,15,16,18). The largest absolute Gasteiger partial charge is 0.367 e. The summed E-state index contributed by atoms with van der Waals surface area (Å²) in [7, 11) is 0. The van der Waals surface area contributed by atoms with Crippen LogP contribution in [0, 0.1) is 0 Å². The number of nitrogens with zero attached hydrogens (tertiary/aromatic N) is 4. The predicted octanol–water partition coefficient (Wildman–Crippen LogP) is 2.80. The molecule has 0 saturated heterocycles. The Balaban J connectivity index is 1.72. The SMILES string of the molecule is c1cnn(-c2cc(NC3CCCCCC3)ncn2)c1. The molecule has 0 amide bonds. The quantitative estimate of drug-likeness (QED) is 0.859. The van der Waals surface area contributed by atoms with E-state index in [2.05, 4.69) is 20.4 Å². The van der Waals surface area contributed by atoms with E-state index in [1.165, 1.54) is 38.5 Å². The van der Waals surface area contributed by atoms with Gasteiger partial charge in [0.05, 0.1) is 0 Å². The van der Waals surface area contributed by atoms with E-state index in [-0.39, 0.29) is 0 Å². The van der Waals surface area contributed by atoms with Crippen LogP contribution in [0.25, 0.3) is 5.82 Å². The molecule has 0 spiro atoms. The smallest absolute Gasteiger partial charge is 0.158 e. The van der Waals surface area contributed by atoms with Crippen LogP contribution in [0.2, 0.25) is 0 Å². The van der Waals surface area contributed by atoms with Crippen LogP contribution < -0.4 is 5.32 Å². The minimum atomic E-state index is 0.544. The van der Waals surface area contributed by atoms with Gasteiger partial charge in [0.15, 0.2) is 5.82 Å². The van der Waals surface area contributed by atoms with E-state index in [0.717, 1.165) is 11.6 Å². The van der Waals surface area contributed by atoms with Crippen molar-refractivity contribution in [2.45, 2.75) is 44.6 Å². The molecule has 5 heteroatoms. The molecule has 5 nitrogen and oxygen atoms in total. The van der Waals surface area contributed by atoms with Crippen molar-refractivity contribution >= 4 is 5.82 Å². The van der Waals surface area contributed by atoms with Gasteiger partial charge in [-0.2, -0.15) is 5.10 Å². The number of hydrogen-bond acceptors (Lipinski definition) is 4. The molecule has 1 N–H and O–H groups in total. The number of rotatable bonds is 3. The molecular formula is C14H19N5. The highest BCUT2D eigenvalue weighted by Crippen LogP contribution is 2.20. The molecule has 1 saturated carbocycles. The van der Waals surface area contributed by atoms with Gasteiger partial charge in [-0.15, -0.1) is 0 Å². The number of aromatic nitrogens is 4. The molecule has 1 aliphatic carbocycles. The van der Waals surface area contributed by atoms with E-state index in [0.29, 0.717) is 6.04 Å². The minimum absolute atomic E-state index is 0.544. The third kappa shape index (κ3) is 3.10. The Morgan fingerprint density at radius 2 is 1.95 bits per heavy atom. The summed E-state index contributed by atoms with van der Waals surface area (Å²) in [6.07, 6.45) is 13.1. The Kier molecular flexibility index (Phi) is 3.72. The van der Waals surface area contributed by atoms with E-state index < -0.39 is 0 Å². The van der Waals surface area contributed by atoms with Crippen molar-refractivity contribution in [3.63, 3.8) is 0 Å². The topological polar surface area (TPSA) is 55.6 Å². The van der Waals surface area contributed by atoms with Gasteiger partial charge in [-0.05, 0) is 18.9 Å². The van der Waals surface area contributed by atoms with Crippen molar-refractivity contribution in [3.8, 4) is 5.82 Å². The van der Waals surface area contributed by atoms with Gasteiger partial charge in [-0.1, -0.05) is 25.7 Å². The molecule has 0 radical (unpaired) electrons. The van der Waals surface area contributed by atoms with Crippen LogP contribution in [0.15, 0.2) is 30.9 Å². The summed E-state index contributed by atoms with van der Waals surface area (Å²) in [5, 5.41) is 7.72. The summed E-state index contributed by atoms with van der Waals surface area (Å²) in [6, 6.07) is 4.39. The van der Waals surface area contributed by atoms with Crippen LogP contribution in [0.3, 0.4) is 0 Å². The van der Waals surface area contributed by atoms with Crippen LogP contribution >= 0.6 is 0 Å². The summed E-state index contributed by atoms with van der Waals surface area (Å²) in [4.78, 5) is 8.55. The van der Waals surface area contributed by atoms with Crippen LogP contribution in [-0.4, -0.2) is 25.8 Å². The van der Waals surface area contributed by atoms with Crippen LogP contribution in [-0.2, 0) is 0 Å². The Labute approximate surface area is 113 Å². The van der Waals surface area contributed by atoms with Crippen molar-refractivity contribution in [2.24, 2.45) is 0 Å². The maximum absolute atomic E-state index is 4.31. The summed E-state index contributed by atoms with van der Waals surface area (Å²) in [5.41, 5.74) is 0. The van der Waals surface area contributed by atoms with Crippen molar-refractivity contribution in [2.75, 3.05) is 5.32 Å². The fourth-order valence-corrected chi connectivity index (χ4v) is 2.59. The summed E-state index contributed by atoms with van der Waals surface area (Å²) in [6.45, 7) is 0. The molecule has 0 bridgehead atoms. The zero-order chi connectivity index (χ0) is 12.9. The Hall–Kier alpha value is -1.91. The average Bonchev–Trinajstić information content (AvgIpc) is 2.86. The lowest BCUT2D eigenvalue weighted by atomic mass is 10.1. The lowest BCUT2D eigenvalue weighted by Gasteiger charge is -2.16. The number of anilines is 1. The lowest BCUT2D eigenvalue weighted by Crippen LogP contribution is -2.19. The maximum Gasteiger partial charge on any atom is 0.158 e. The minimum Gasteiger partial charge on any atom is -0.367 e. The Morgan fingerprint density at radius 1 is 1.11 bits per heavy atom. The first kappa shape index (κ1) is 12.1. The lowest BCUT2D eigenvalue weighted by molar-refractivity contribution is 0.617. The fraction of sp³-hybridized carbons (Fsp3) is 0.500. The van der Waals surface area contributed by atoms with Gasteiger partial charge in [0.25, 0.3) is 0 Å². The number of nitrogens with one attached hydrogen (secondary N) is 1. The highest BCUT2D eigenvalue weighted by molar-refractivity contribution is 5.40. The molecule has 2 aromatic heterocycles. The van der Waals surface area contributed by atoms with Crippen molar-refractivity contribution in [3.05, 3.63) is 30.9 Å². The second-order valence-corrected chi connectivity index (χ2v) is 5.04. The van der Waals surface area contributed by atoms with Gasteiger partial charge in [0.2, 0.25) is 0 Å². The molecule has 1 aliphatic rings. The molecule has 100 valence electrons. The van der Waals surface area contributed by atoms with Crippen LogP contribution in [0.4, 0.5) is 5.82 Å². The second kappa shape index (κ2) is 5.82. The van der Waals surface area contributed by atoms with Gasteiger partial charge < -0.3 is 5.32 Å². The van der Waals surface area contributed by atoms with E-state index in [9.17, 15) is 0 Å². The zero-order valence-corrected chi connectivity index (χ0v) is 11.0. The fourth-order valence-electron chi connectivity index (χ4n) is 2.59. The molecule has 19 heavy (non-hydrogen) atoms. The molecule has 2 heterocycles. The number of hydrogen-bond donors (Lipinski definition) is 1. The zero-order valence-electron chi connectivity index (χ0n) is 11.0. The summed E-state index contributed by atoms with van der Waals surface area (Å²) >= 11 is 0. The monoisotopic (exact) mass is 257 g/mol. The van der Waals surface area contributed by atoms with Gasteiger partial charge in [-0.25, -0.2) is 14.6 Å². The van der Waals surface area contributed by atoms with Gasteiger partial charge in [-0.3, -0.25) is 0 Å². The van der Waals surface area contributed by atoms with Gasteiger partial charge >= 0.3 is 0 Å². The first-order chi connectivity index (χ1) is 9.42. The van der Waals surface area contributed by atoms with Crippen LogP contribution in [0.1, 0.15) is 38.5 Å². The van der Waals surface area contributed by atoms with Gasteiger partial charge in [0, 0.05) is 24.5 Å². The molecule has 0 aromatic carbocycles.